The minimum atomic E-state index is -1.88. The number of hydrogen-bond donors (Lipinski definition) is 14. The smallest absolute Gasteiger partial charge is 0.305 e. The molecule has 1 fully saturated rings. The molecule has 0 aromatic heterocycles. The van der Waals surface area contributed by atoms with Crippen molar-refractivity contribution in [2.24, 2.45) is 109 Å². The minimum Gasteiger partial charge on any atom is -0.481 e. The average Bonchev–Trinajstić information content (AvgIpc) is 0.829. The molecule has 0 aliphatic carbocycles. The van der Waals surface area contributed by atoms with Gasteiger partial charge in [0.2, 0.25) is 41.4 Å². The molecule has 1 saturated heterocycles. The Labute approximate surface area is 687 Å². The number of Topliss-reactive ketones (excluding diaryl/α,β-unsaturated/α-hetero) is 7. The number of ketones is 7. The van der Waals surface area contributed by atoms with Gasteiger partial charge in [0.05, 0.1) is 48.2 Å². The number of guanidine groups is 2. The molecule has 0 bridgehead atoms. The summed E-state index contributed by atoms with van der Waals surface area (Å²) in [5, 5.41) is 34.8. The second kappa shape index (κ2) is 52.8. The summed E-state index contributed by atoms with van der Waals surface area (Å²) in [5.41, 5.74) is 35.1. The summed E-state index contributed by atoms with van der Waals surface area (Å²) < 4.78 is 0. The molecule has 0 radical (unpaired) electrons. The zero-order valence-electron chi connectivity index (χ0n) is 69.5. The summed E-state index contributed by atoms with van der Waals surface area (Å²) >= 11 is 0.914. The standard InChI is InChI=1S/C84H131N15O16S/c1-11-51(9)60-44-68(102)59(50(7)8)43-72(106)77(52(10)12-2)99-81(114)58(36-49(5)6)42-71(105)62(37-53-23-15-13-16-24-53)94-75(108)47-116-46-65(66(100)31-32-74(87)107)98-79(112)56(28-21-33-92-83(88)89)40-70(104)63(38-54-25-17-14-18-26-54)96-80(113)57(35-48(3)4)41-69(103)61(29-22-34-93-84(90)91)95-82(115)64(45-76(109)110)97-78(111)55(39-67(60)101)27-19-20-30-73(85)86/h13-18,23-26,48-52,55-65,77H,11-12,19-22,27-47H2,1-10H3,(H3,85,86)(H2,87,107)(H,94,108)(H,95,115)(H,96,113)(H,97,111)(H,98,112)(H,99,114)(H,109,110)(H4,88,89,92)(H4,90,91,93)/t51-,52-,55+,56+,57+,58+,59-,60-,61-,62-,63-,64-,65-,77-/m0/s1. The number of unbranched alkanes of at least 4 members (excludes halogenated alkanes) is 1. The Morgan fingerprint density at radius 2 is 0.914 bits per heavy atom. The molecule has 1 aliphatic rings. The lowest BCUT2D eigenvalue weighted by atomic mass is 9.75. The van der Waals surface area contributed by atoms with Crippen molar-refractivity contribution in [3.05, 3.63) is 71.8 Å². The number of thioether (sulfide) groups is 1. The van der Waals surface area contributed by atoms with Crippen molar-refractivity contribution in [3.63, 3.8) is 0 Å². The van der Waals surface area contributed by atoms with Crippen molar-refractivity contribution in [3.8, 4) is 0 Å². The number of nitrogens with two attached hydrogens (primary N) is 6. The van der Waals surface area contributed by atoms with Gasteiger partial charge in [-0.1, -0.05) is 149 Å². The number of amidine groups is 1. The highest BCUT2D eigenvalue weighted by atomic mass is 32.2. The van der Waals surface area contributed by atoms with Crippen molar-refractivity contribution in [1.29, 1.82) is 5.41 Å². The molecule has 0 saturated carbocycles. The van der Waals surface area contributed by atoms with Crippen LogP contribution >= 0.6 is 11.8 Å². The Morgan fingerprint density at radius 1 is 0.474 bits per heavy atom. The Morgan fingerprint density at radius 3 is 1.41 bits per heavy atom. The first-order chi connectivity index (χ1) is 54.7. The van der Waals surface area contributed by atoms with Gasteiger partial charge in [0.25, 0.3) is 0 Å². The number of carboxylic acids is 1. The molecule has 2 aromatic rings. The number of amides is 7. The lowest BCUT2D eigenvalue weighted by Gasteiger charge is -2.30. The summed E-state index contributed by atoms with van der Waals surface area (Å²) in [5.74, 6) is -21.1. The highest BCUT2D eigenvalue weighted by Crippen LogP contribution is 2.32. The molecule has 20 N–H and O–H groups in total. The van der Waals surface area contributed by atoms with Gasteiger partial charge in [-0.2, -0.15) is 0 Å². The summed E-state index contributed by atoms with van der Waals surface area (Å²) in [6.45, 7) is 18.0. The third kappa shape index (κ3) is 38.3. The van der Waals surface area contributed by atoms with E-state index >= 15 is 19.2 Å². The van der Waals surface area contributed by atoms with Crippen molar-refractivity contribution in [2.45, 2.75) is 253 Å². The van der Waals surface area contributed by atoms with Gasteiger partial charge in [-0.25, -0.2) is 0 Å². The first-order valence-electron chi connectivity index (χ1n) is 40.8. The molecule has 0 unspecified atom stereocenters. The molecule has 31 nitrogen and oxygen atoms in total. The first kappa shape index (κ1) is 100. The van der Waals surface area contributed by atoms with E-state index in [1.54, 1.807) is 102 Å². The third-order valence-electron chi connectivity index (χ3n) is 21.2. The van der Waals surface area contributed by atoms with Crippen molar-refractivity contribution in [1.82, 2.24) is 31.9 Å². The van der Waals surface area contributed by atoms with Crippen LogP contribution in [0.5, 0.6) is 0 Å². The fourth-order valence-corrected chi connectivity index (χ4v) is 15.1. The maximum absolute atomic E-state index is 15.2. The lowest BCUT2D eigenvalue weighted by Crippen LogP contribution is -2.54. The van der Waals surface area contributed by atoms with Crippen LogP contribution in [0.25, 0.3) is 0 Å². The summed E-state index contributed by atoms with van der Waals surface area (Å²) in [4.78, 5) is 226. The van der Waals surface area contributed by atoms with Gasteiger partial charge in [0.15, 0.2) is 40.8 Å². The highest BCUT2D eigenvalue weighted by molar-refractivity contribution is 8.00. The SMILES string of the molecule is CC[C@H](C)[C@@H]1CC(=O)[C@H](C(C)C)CC(=O)[C@H]([C@@H](C)CC)NC(=O)[C@H](CC(C)C)CC(=O)[C@H](Cc2ccccc2)NC(=O)CSC[C@@H](C(=O)CCC(N)=O)NC(=O)[C@H](CCCN=C(N)N)CC(=O)[C@H](Cc2ccccc2)NC(=O)[C@H](CC(C)C)CC(=O)[C@H](CCCN=C(N)N)NC(=O)[C@H](CC(=O)O)NC(=O)[C@H](CCCCC(=N)N)CC1=O. The van der Waals surface area contributed by atoms with Crippen LogP contribution in [0.15, 0.2) is 70.6 Å². The maximum atomic E-state index is 15.2. The zero-order chi connectivity index (χ0) is 86.9. The monoisotopic (exact) mass is 1640 g/mol. The molecule has 644 valence electrons. The summed E-state index contributed by atoms with van der Waals surface area (Å²) in [6.07, 6.45) is -3.13. The molecule has 1 heterocycles. The second-order valence-electron chi connectivity index (χ2n) is 32.2. The highest BCUT2D eigenvalue weighted by Gasteiger charge is 2.41. The Hall–Kier alpha value is -9.75. The fraction of sp³-hybridized carbons (Fsp3) is 0.643. The molecule has 1 aliphatic heterocycles. The van der Waals surface area contributed by atoms with Gasteiger partial charge in [0, 0.05) is 112 Å². The number of carbonyl (C=O) groups excluding carboxylic acids is 14. The topological polar surface area (TPSA) is 553 Å². The molecule has 2 aromatic carbocycles. The van der Waals surface area contributed by atoms with Crippen LogP contribution in [0.3, 0.4) is 0 Å². The van der Waals surface area contributed by atoms with E-state index in [0.29, 0.717) is 30.4 Å². The Kier molecular flexibility index (Phi) is 45.7. The van der Waals surface area contributed by atoms with Gasteiger partial charge < -0.3 is 71.4 Å². The second-order valence-corrected chi connectivity index (χ2v) is 33.3. The number of benzene rings is 2. The number of carboxylic acid groups (broad SMARTS) is 1. The van der Waals surface area contributed by atoms with Crippen LogP contribution in [0.4, 0.5) is 0 Å². The lowest BCUT2D eigenvalue weighted by molar-refractivity contribution is -0.142. The maximum Gasteiger partial charge on any atom is 0.305 e. The zero-order valence-corrected chi connectivity index (χ0v) is 70.3. The van der Waals surface area contributed by atoms with Gasteiger partial charge in [0.1, 0.15) is 17.6 Å². The van der Waals surface area contributed by atoms with E-state index in [0.717, 1.165) is 11.8 Å². The van der Waals surface area contributed by atoms with Crippen molar-refractivity contribution in [2.75, 3.05) is 24.6 Å². The molecule has 32 heteroatoms. The summed E-state index contributed by atoms with van der Waals surface area (Å²) in [6, 6.07) is 8.90. The van der Waals surface area contributed by atoms with E-state index in [-0.39, 0.29) is 144 Å². The summed E-state index contributed by atoms with van der Waals surface area (Å²) in [7, 11) is 0. The predicted octanol–water partition coefficient (Wildman–Crippen LogP) is 5.33. The van der Waals surface area contributed by atoms with E-state index in [1.807, 2.05) is 27.7 Å². The van der Waals surface area contributed by atoms with Crippen molar-refractivity contribution < 1.29 is 77.0 Å². The molecule has 14 atom stereocenters. The number of nitrogens with one attached hydrogen (secondary N) is 7. The molecule has 0 spiro atoms. The number of aliphatic carboxylic acids is 1. The van der Waals surface area contributed by atoms with Crippen LogP contribution in [-0.2, 0) is 84.8 Å². The minimum absolute atomic E-state index is 0.000405. The Bertz CT molecular complexity index is 3680. The Balaban J connectivity index is 2.41. The van der Waals surface area contributed by atoms with E-state index in [4.69, 9.17) is 39.8 Å². The number of hydrogen-bond acceptors (Lipinski definition) is 19. The van der Waals surface area contributed by atoms with Gasteiger partial charge in [-0.15, -0.1) is 11.8 Å². The number of aliphatic imine (C=N–C) groups is 2. The normalized spacial score (nSPS) is 23.9. The van der Waals surface area contributed by atoms with Gasteiger partial charge in [-0.05, 0) is 105 Å². The quantitative estimate of drug-likeness (QED) is 0.0250. The van der Waals surface area contributed by atoms with Crippen LogP contribution in [0.1, 0.15) is 215 Å². The first-order valence-corrected chi connectivity index (χ1v) is 42.0. The fourth-order valence-electron chi connectivity index (χ4n) is 14.2. The average molecular weight is 1640 g/mol. The molecule has 7 amide bonds. The number of carbonyl (C=O) groups is 15. The van der Waals surface area contributed by atoms with Crippen LogP contribution in [0.2, 0.25) is 0 Å². The number of nitrogens with zero attached hydrogens (tertiary/aromatic N) is 2. The molecular formula is C84H131N15O16S. The van der Waals surface area contributed by atoms with E-state index < -0.39 is 216 Å². The number of primary amides is 1. The predicted molar refractivity (Wildman–Crippen MR) is 446 cm³/mol. The molecule has 116 heavy (non-hydrogen) atoms. The van der Waals surface area contributed by atoms with E-state index in [2.05, 4.69) is 41.9 Å². The van der Waals surface area contributed by atoms with E-state index in [1.165, 1.54) is 0 Å². The van der Waals surface area contributed by atoms with Crippen LogP contribution < -0.4 is 66.3 Å². The molecular weight excluding hydrogens is 1510 g/mol. The van der Waals surface area contributed by atoms with Crippen molar-refractivity contribution >= 4 is 117 Å². The van der Waals surface area contributed by atoms with Crippen LogP contribution in [0, 0.1) is 70.5 Å². The van der Waals surface area contributed by atoms with Gasteiger partial charge >= 0.3 is 5.97 Å². The largest absolute Gasteiger partial charge is 0.481 e. The third-order valence-corrected chi connectivity index (χ3v) is 22.2. The van der Waals surface area contributed by atoms with E-state index in [9.17, 15) is 57.8 Å². The number of rotatable bonds is 32. The molecule has 3 rings (SSSR count). The van der Waals surface area contributed by atoms with Crippen LogP contribution in [-0.4, -0.2) is 172 Å². The van der Waals surface area contributed by atoms with Gasteiger partial charge in [-0.3, -0.25) is 87.3 Å².